The summed E-state index contributed by atoms with van der Waals surface area (Å²) in [5.74, 6) is 0. The first-order valence-corrected chi connectivity index (χ1v) is 19.9. The molecule has 2 heteroatoms. The van der Waals surface area contributed by atoms with Crippen molar-refractivity contribution in [3.05, 3.63) is 231 Å². The fraction of sp³-hybridized carbons (Fsp3) is 0. The van der Waals surface area contributed by atoms with Gasteiger partial charge in [-0.15, -0.1) is 0 Å². The van der Waals surface area contributed by atoms with Crippen LogP contribution < -0.4 is 4.90 Å². The van der Waals surface area contributed by atoms with E-state index in [1.165, 1.54) is 76.7 Å². The lowest BCUT2D eigenvalue weighted by Gasteiger charge is -2.27. The van der Waals surface area contributed by atoms with Crippen LogP contribution in [0.4, 0.5) is 17.1 Å². The Kier molecular flexibility index (Phi) is 8.19. The molecule has 1 heterocycles. The second kappa shape index (κ2) is 14.1. The van der Waals surface area contributed by atoms with E-state index in [-0.39, 0.29) is 0 Å². The lowest BCUT2D eigenvalue weighted by Crippen LogP contribution is -2.11. The van der Waals surface area contributed by atoms with Crippen molar-refractivity contribution in [1.29, 1.82) is 0 Å². The first-order valence-electron chi connectivity index (χ1n) is 19.9. The summed E-state index contributed by atoms with van der Waals surface area (Å²) in [4.78, 5) is 2.40. The molecule has 0 aliphatic heterocycles. The molecule has 0 fully saturated rings. The maximum absolute atomic E-state index is 2.41. The number of hydrogen-bond acceptors (Lipinski definition) is 1. The molecule has 0 amide bonds. The van der Waals surface area contributed by atoms with Crippen molar-refractivity contribution in [2.24, 2.45) is 0 Å². The number of para-hydroxylation sites is 4. The van der Waals surface area contributed by atoms with Crippen molar-refractivity contribution < 1.29 is 0 Å². The lowest BCUT2D eigenvalue weighted by atomic mass is 9.84. The monoisotopic (exact) mass is 738 g/mol. The van der Waals surface area contributed by atoms with Crippen molar-refractivity contribution in [2.45, 2.75) is 0 Å². The third-order valence-electron chi connectivity index (χ3n) is 11.6. The van der Waals surface area contributed by atoms with E-state index in [0.29, 0.717) is 0 Å². The Hall–Kier alpha value is -7.68. The Balaban J connectivity index is 1.10. The van der Waals surface area contributed by atoms with E-state index >= 15 is 0 Å². The van der Waals surface area contributed by atoms with E-state index in [1.807, 2.05) is 0 Å². The minimum absolute atomic E-state index is 1.09. The number of rotatable bonds is 7. The summed E-state index contributed by atoms with van der Waals surface area (Å²) in [6.45, 7) is 0. The van der Waals surface area contributed by atoms with Crippen molar-refractivity contribution in [2.75, 3.05) is 4.90 Å². The highest BCUT2D eigenvalue weighted by Crippen LogP contribution is 2.47. The zero-order valence-corrected chi connectivity index (χ0v) is 31.8. The molecule has 58 heavy (non-hydrogen) atoms. The third-order valence-corrected chi connectivity index (χ3v) is 11.6. The van der Waals surface area contributed by atoms with Gasteiger partial charge in [0.1, 0.15) is 0 Å². The van der Waals surface area contributed by atoms with Crippen molar-refractivity contribution >= 4 is 60.4 Å². The molecule has 0 atom stereocenters. The van der Waals surface area contributed by atoms with Crippen LogP contribution in [0.15, 0.2) is 231 Å². The fourth-order valence-electron chi connectivity index (χ4n) is 9.01. The number of fused-ring (bicyclic) bond motifs is 6. The van der Waals surface area contributed by atoms with Crippen LogP contribution >= 0.6 is 0 Å². The van der Waals surface area contributed by atoms with Gasteiger partial charge >= 0.3 is 0 Å². The number of aromatic nitrogens is 1. The van der Waals surface area contributed by atoms with Gasteiger partial charge in [0.05, 0.1) is 16.7 Å². The lowest BCUT2D eigenvalue weighted by molar-refractivity contribution is 1.17. The normalized spacial score (nSPS) is 11.4. The molecule has 0 aliphatic carbocycles. The predicted octanol–water partition coefficient (Wildman–Crippen LogP) is 15.6. The summed E-state index contributed by atoms with van der Waals surface area (Å²) in [6, 6.07) is 83.6. The zero-order valence-electron chi connectivity index (χ0n) is 31.8. The van der Waals surface area contributed by atoms with Gasteiger partial charge in [0.25, 0.3) is 0 Å². The van der Waals surface area contributed by atoms with Crippen molar-refractivity contribution in [1.82, 2.24) is 4.57 Å². The van der Waals surface area contributed by atoms with Gasteiger partial charge in [-0.05, 0) is 110 Å². The van der Waals surface area contributed by atoms with Crippen molar-refractivity contribution in [3.8, 4) is 39.1 Å². The van der Waals surface area contributed by atoms with Gasteiger partial charge in [0.2, 0.25) is 0 Å². The average Bonchev–Trinajstić information content (AvgIpc) is 3.65. The Morgan fingerprint density at radius 3 is 1.48 bits per heavy atom. The molecule has 10 aromatic carbocycles. The van der Waals surface area contributed by atoms with Crippen LogP contribution in [0.2, 0.25) is 0 Å². The molecule has 0 radical (unpaired) electrons. The molecule has 272 valence electrons. The third kappa shape index (κ3) is 5.57. The molecular weight excluding hydrogens is 701 g/mol. The van der Waals surface area contributed by atoms with E-state index < -0.39 is 0 Å². The zero-order chi connectivity index (χ0) is 38.4. The maximum atomic E-state index is 2.41. The van der Waals surface area contributed by atoms with Gasteiger partial charge in [-0.3, -0.25) is 0 Å². The fourth-order valence-corrected chi connectivity index (χ4v) is 9.01. The highest BCUT2D eigenvalue weighted by molar-refractivity contribution is 6.22. The Morgan fingerprint density at radius 1 is 0.293 bits per heavy atom. The van der Waals surface area contributed by atoms with Crippen LogP contribution in [-0.4, -0.2) is 4.57 Å². The van der Waals surface area contributed by atoms with E-state index in [2.05, 4.69) is 240 Å². The van der Waals surface area contributed by atoms with Gasteiger partial charge < -0.3 is 9.47 Å². The second-order valence-corrected chi connectivity index (χ2v) is 14.9. The summed E-state index contributed by atoms with van der Waals surface area (Å²) < 4.78 is 2.41. The molecule has 0 bridgehead atoms. The van der Waals surface area contributed by atoms with Gasteiger partial charge in [-0.1, -0.05) is 176 Å². The Bertz CT molecular complexity index is 3240. The van der Waals surface area contributed by atoms with Crippen LogP contribution in [0.1, 0.15) is 0 Å². The molecule has 0 spiro atoms. The predicted molar refractivity (Wildman–Crippen MR) is 247 cm³/mol. The molecule has 11 rings (SSSR count). The summed E-state index contributed by atoms with van der Waals surface area (Å²) in [6.07, 6.45) is 0. The largest absolute Gasteiger partial charge is 0.308 e. The molecule has 11 aromatic rings. The van der Waals surface area contributed by atoms with Gasteiger partial charge in [0, 0.05) is 27.8 Å². The molecule has 0 saturated carbocycles. The van der Waals surface area contributed by atoms with E-state index in [0.717, 1.165) is 22.7 Å². The topological polar surface area (TPSA) is 8.17 Å². The number of benzene rings is 10. The average molecular weight is 739 g/mol. The van der Waals surface area contributed by atoms with E-state index in [9.17, 15) is 0 Å². The number of hydrogen-bond donors (Lipinski definition) is 0. The van der Waals surface area contributed by atoms with Crippen LogP contribution in [0.5, 0.6) is 0 Å². The van der Waals surface area contributed by atoms with Crippen molar-refractivity contribution in [3.63, 3.8) is 0 Å². The minimum Gasteiger partial charge on any atom is -0.308 e. The Morgan fingerprint density at radius 2 is 0.793 bits per heavy atom. The Labute approximate surface area is 338 Å². The molecule has 0 unspecified atom stereocenters. The molecular formula is C56H38N2. The smallest absolute Gasteiger partial charge is 0.0782 e. The maximum Gasteiger partial charge on any atom is 0.0782 e. The van der Waals surface area contributed by atoms with Crippen LogP contribution in [0.3, 0.4) is 0 Å². The van der Waals surface area contributed by atoms with E-state index in [1.54, 1.807) is 0 Å². The van der Waals surface area contributed by atoms with Gasteiger partial charge in [-0.2, -0.15) is 0 Å². The second-order valence-electron chi connectivity index (χ2n) is 14.9. The minimum atomic E-state index is 1.09. The van der Waals surface area contributed by atoms with Crippen LogP contribution in [0, 0.1) is 0 Å². The van der Waals surface area contributed by atoms with Crippen LogP contribution in [-0.2, 0) is 0 Å². The first-order chi connectivity index (χ1) is 28.8. The number of nitrogens with zero attached hydrogens (tertiary/aromatic N) is 2. The van der Waals surface area contributed by atoms with Gasteiger partial charge in [-0.25, -0.2) is 0 Å². The molecule has 0 aliphatic rings. The quantitative estimate of drug-likeness (QED) is 0.148. The molecule has 0 N–H and O–H groups in total. The standard InChI is InChI=1S/C56H38N2/c1-5-18-40(19-6-1)54-49-28-14-13-26-46(49)47-37-34-42(38-51(47)55(54)41-20-7-2-8-21-41)39-32-35-45(36-33-39)57(43-22-9-3-10-23-43)53-31-17-29-50-48-27-15-16-30-52(48)58(56(50)53)44-24-11-4-12-25-44/h1-38H. The van der Waals surface area contributed by atoms with Crippen LogP contribution in [0.25, 0.3) is 82.4 Å². The highest BCUT2D eigenvalue weighted by atomic mass is 15.2. The number of anilines is 3. The summed E-state index contributed by atoms with van der Waals surface area (Å²) in [7, 11) is 0. The first kappa shape index (κ1) is 33.6. The molecule has 2 nitrogen and oxygen atoms in total. The van der Waals surface area contributed by atoms with E-state index in [4.69, 9.17) is 0 Å². The molecule has 0 saturated heterocycles. The summed E-state index contributed by atoms with van der Waals surface area (Å²) >= 11 is 0. The molecule has 1 aromatic heterocycles. The summed E-state index contributed by atoms with van der Waals surface area (Å²) in [5.41, 5.74) is 14.1. The highest BCUT2D eigenvalue weighted by Gasteiger charge is 2.22. The summed E-state index contributed by atoms with van der Waals surface area (Å²) in [5, 5.41) is 7.49. The van der Waals surface area contributed by atoms with Gasteiger partial charge in [0.15, 0.2) is 0 Å². The SMILES string of the molecule is c1ccc(-c2c(-c3ccccc3)c3cc(-c4ccc(N(c5ccccc5)c5cccc6c7ccccc7n(-c7ccccc7)c56)cc4)ccc3c3ccccc23)cc1.